The van der Waals surface area contributed by atoms with Crippen LogP contribution in [0.3, 0.4) is 0 Å². The monoisotopic (exact) mass is 195 g/mol. The van der Waals surface area contributed by atoms with Crippen molar-refractivity contribution in [2.24, 2.45) is 0 Å². The van der Waals surface area contributed by atoms with Gasteiger partial charge in [-0.2, -0.15) is 4.37 Å². The van der Waals surface area contributed by atoms with Crippen LogP contribution in [0.1, 0.15) is 38.4 Å². The molecule has 2 fully saturated rings. The van der Waals surface area contributed by atoms with Gasteiger partial charge in [0.05, 0.1) is 0 Å². The lowest BCUT2D eigenvalue weighted by Gasteiger charge is -1.99. The average molecular weight is 195 g/mol. The summed E-state index contributed by atoms with van der Waals surface area (Å²) in [5.41, 5.74) is 0.319. The Morgan fingerprint density at radius 1 is 1.46 bits per heavy atom. The molecule has 0 radical (unpaired) electrons. The van der Waals surface area contributed by atoms with Gasteiger partial charge in [-0.25, -0.2) is 4.98 Å². The smallest absolute Gasteiger partial charge is 0.202 e. The Balaban J connectivity index is 1.76. The van der Waals surface area contributed by atoms with E-state index in [1.54, 1.807) is 0 Å². The van der Waals surface area contributed by atoms with E-state index in [9.17, 15) is 0 Å². The number of rotatable bonds is 3. The van der Waals surface area contributed by atoms with Gasteiger partial charge in [-0.3, -0.25) is 0 Å². The van der Waals surface area contributed by atoms with Gasteiger partial charge in [-0.1, -0.05) is 6.92 Å². The van der Waals surface area contributed by atoms with Gasteiger partial charge < -0.3 is 5.32 Å². The van der Waals surface area contributed by atoms with Crippen molar-refractivity contribution in [2.45, 2.75) is 44.1 Å². The first kappa shape index (κ1) is 7.74. The third-order valence-corrected chi connectivity index (χ3v) is 3.52. The van der Waals surface area contributed by atoms with Crippen LogP contribution >= 0.6 is 11.5 Å². The highest BCUT2D eigenvalue weighted by Crippen LogP contribution is 2.46. The number of anilines is 1. The van der Waals surface area contributed by atoms with Crippen LogP contribution in [0.4, 0.5) is 5.13 Å². The van der Waals surface area contributed by atoms with Crippen LogP contribution in [-0.2, 0) is 5.41 Å². The molecular formula is C9H13N3S. The summed E-state index contributed by atoms with van der Waals surface area (Å²) < 4.78 is 4.40. The fourth-order valence-electron chi connectivity index (χ4n) is 1.34. The van der Waals surface area contributed by atoms with Gasteiger partial charge in [0, 0.05) is 23.0 Å². The maximum Gasteiger partial charge on any atom is 0.202 e. The van der Waals surface area contributed by atoms with Crippen molar-refractivity contribution in [3.05, 3.63) is 5.82 Å². The third kappa shape index (κ3) is 1.43. The van der Waals surface area contributed by atoms with E-state index < -0.39 is 0 Å². The molecule has 0 amide bonds. The van der Waals surface area contributed by atoms with Crippen LogP contribution in [0.2, 0.25) is 0 Å². The minimum Gasteiger partial charge on any atom is -0.358 e. The first-order valence-corrected chi connectivity index (χ1v) is 5.64. The molecule has 13 heavy (non-hydrogen) atoms. The van der Waals surface area contributed by atoms with Gasteiger partial charge in [0.1, 0.15) is 0 Å². The molecule has 1 N–H and O–H groups in total. The van der Waals surface area contributed by atoms with E-state index in [-0.39, 0.29) is 0 Å². The molecule has 2 saturated carbocycles. The van der Waals surface area contributed by atoms with Crippen LogP contribution in [0.25, 0.3) is 0 Å². The van der Waals surface area contributed by atoms with E-state index >= 15 is 0 Å². The van der Waals surface area contributed by atoms with Gasteiger partial charge in [-0.05, 0) is 25.7 Å². The maximum absolute atomic E-state index is 4.52. The topological polar surface area (TPSA) is 37.8 Å². The summed E-state index contributed by atoms with van der Waals surface area (Å²) in [5, 5.41) is 4.40. The first-order valence-electron chi connectivity index (χ1n) is 4.87. The molecular weight excluding hydrogens is 182 g/mol. The zero-order valence-corrected chi connectivity index (χ0v) is 8.52. The Hall–Kier alpha value is -0.640. The van der Waals surface area contributed by atoms with Crippen molar-refractivity contribution in [3.8, 4) is 0 Å². The second kappa shape index (κ2) is 2.44. The van der Waals surface area contributed by atoms with Crippen LogP contribution in [-0.4, -0.2) is 15.4 Å². The second-order valence-corrected chi connectivity index (χ2v) is 5.15. The fourth-order valence-corrected chi connectivity index (χ4v) is 2.12. The lowest BCUT2D eigenvalue weighted by molar-refractivity contribution is 0.728. The lowest BCUT2D eigenvalue weighted by Crippen LogP contribution is -2.04. The SMILES string of the molecule is CC1(c2nsc(NC3CC3)n2)CC1. The maximum atomic E-state index is 4.52. The van der Waals surface area contributed by atoms with E-state index in [4.69, 9.17) is 0 Å². The molecule has 1 heterocycles. The van der Waals surface area contributed by atoms with E-state index in [1.165, 1.54) is 37.2 Å². The largest absolute Gasteiger partial charge is 0.358 e. The molecule has 2 aliphatic carbocycles. The molecule has 2 aliphatic rings. The Labute approximate surface area is 81.7 Å². The summed E-state index contributed by atoms with van der Waals surface area (Å²) in [6.07, 6.45) is 5.11. The number of nitrogens with zero attached hydrogens (tertiary/aromatic N) is 2. The standard InChI is InChI=1S/C9H13N3S/c1-9(4-5-9)7-11-8(13-12-7)10-6-2-3-6/h6H,2-5H2,1H3,(H,10,11,12). The van der Waals surface area contributed by atoms with Gasteiger partial charge in [-0.15, -0.1) is 0 Å². The van der Waals surface area contributed by atoms with Crippen molar-refractivity contribution in [3.63, 3.8) is 0 Å². The normalized spacial score (nSPS) is 24.4. The van der Waals surface area contributed by atoms with Crippen LogP contribution in [0.15, 0.2) is 0 Å². The Morgan fingerprint density at radius 2 is 2.23 bits per heavy atom. The van der Waals surface area contributed by atoms with Gasteiger partial charge >= 0.3 is 0 Å². The molecule has 0 aromatic carbocycles. The summed E-state index contributed by atoms with van der Waals surface area (Å²) in [6.45, 7) is 2.25. The second-order valence-electron chi connectivity index (χ2n) is 4.40. The first-order chi connectivity index (χ1) is 6.26. The van der Waals surface area contributed by atoms with Crippen LogP contribution < -0.4 is 5.32 Å². The predicted octanol–water partition coefficient (Wildman–Crippen LogP) is 2.16. The van der Waals surface area contributed by atoms with Gasteiger partial charge in [0.2, 0.25) is 5.13 Å². The number of aromatic nitrogens is 2. The molecule has 0 bridgehead atoms. The molecule has 0 atom stereocenters. The van der Waals surface area contributed by atoms with E-state index in [2.05, 4.69) is 21.6 Å². The molecule has 0 aliphatic heterocycles. The summed E-state index contributed by atoms with van der Waals surface area (Å²) >= 11 is 1.51. The zero-order valence-electron chi connectivity index (χ0n) is 7.71. The third-order valence-electron chi connectivity index (χ3n) is 2.87. The highest BCUT2D eigenvalue weighted by atomic mass is 32.1. The van der Waals surface area contributed by atoms with Crippen molar-refractivity contribution in [1.82, 2.24) is 9.36 Å². The fraction of sp³-hybridized carbons (Fsp3) is 0.778. The summed E-state index contributed by atoms with van der Waals surface area (Å²) in [4.78, 5) is 4.52. The lowest BCUT2D eigenvalue weighted by atomic mass is 10.1. The summed E-state index contributed by atoms with van der Waals surface area (Å²) in [5.74, 6) is 1.06. The average Bonchev–Trinajstić information content (AvgIpc) is 2.97. The summed E-state index contributed by atoms with van der Waals surface area (Å²) in [7, 11) is 0. The highest BCUT2D eigenvalue weighted by Gasteiger charge is 2.43. The van der Waals surface area contributed by atoms with Crippen molar-refractivity contribution in [1.29, 1.82) is 0 Å². The van der Waals surface area contributed by atoms with E-state index in [0.717, 1.165) is 11.0 Å². The zero-order chi connectivity index (χ0) is 8.89. The van der Waals surface area contributed by atoms with Crippen molar-refractivity contribution < 1.29 is 0 Å². The quantitative estimate of drug-likeness (QED) is 0.803. The molecule has 0 unspecified atom stereocenters. The molecule has 1 aromatic rings. The van der Waals surface area contributed by atoms with E-state index in [0.29, 0.717) is 11.5 Å². The molecule has 3 nitrogen and oxygen atoms in total. The number of hydrogen-bond acceptors (Lipinski definition) is 4. The molecule has 0 saturated heterocycles. The molecule has 4 heteroatoms. The number of hydrogen-bond donors (Lipinski definition) is 1. The minimum atomic E-state index is 0.319. The minimum absolute atomic E-state index is 0.319. The predicted molar refractivity (Wildman–Crippen MR) is 53.1 cm³/mol. The molecule has 3 rings (SSSR count). The van der Waals surface area contributed by atoms with Gasteiger partial charge in [0.15, 0.2) is 5.82 Å². The molecule has 1 aromatic heterocycles. The number of nitrogens with one attached hydrogen (secondary N) is 1. The Bertz CT molecular complexity index is 325. The Morgan fingerprint density at radius 3 is 2.85 bits per heavy atom. The van der Waals surface area contributed by atoms with E-state index in [1.807, 2.05) is 0 Å². The Kier molecular flexibility index (Phi) is 1.45. The van der Waals surface area contributed by atoms with Crippen molar-refractivity contribution >= 4 is 16.7 Å². The van der Waals surface area contributed by atoms with Crippen LogP contribution in [0.5, 0.6) is 0 Å². The van der Waals surface area contributed by atoms with Crippen LogP contribution in [0, 0.1) is 0 Å². The molecule has 0 spiro atoms. The van der Waals surface area contributed by atoms with Crippen molar-refractivity contribution in [2.75, 3.05) is 5.32 Å². The molecule has 70 valence electrons. The summed E-state index contributed by atoms with van der Waals surface area (Å²) in [6, 6.07) is 0.688. The highest BCUT2D eigenvalue weighted by molar-refractivity contribution is 7.09. The van der Waals surface area contributed by atoms with Gasteiger partial charge in [0.25, 0.3) is 0 Å².